The first-order valence-corrected chi connectivity index (χ1v) is 5.63. The van der Waals surface area contributed by atoms with E-state index in [1.807, 2.05) is 0 Å². The minimum atomic E-state index is -0.923. The standard InChI is InChI=1S/C11H19NO4/c1-12(10(13)2-3-11(14)15)8-9-4-6-16-7-5-9/h9H,2-8H2,1H3,(H,14,15). The van der Waals surface area contributed by atoms with Crippen LogP contribution in [0.25, 0.3) is 0 Å². The normalized spacial score (nSPS) is 17.1. The average Bonchev–Trinajstić information content (AvgIpc) is 2.27. The van der Waals surface area contributed by atoms with Crippen molar-refractivity contribution in [2.75, 3.05) is 26.8 Å². The topological polar surface area (TPSA) is 66.8 Å². The highest BCUT2D eigenvalue weighted by atomic mass is 16.5. The zero-order valence-corrected chi connectivity index (χ0v) is 9.65. The molecular formula is C11H19NO4. The second kappa shape index (κ2) is 6.48. The third-order valence-electron chi connectivity index (χ3n) is 2.85. The predicted octanol–water partition coefficient (Wildman–Crippen LogP) is 0.736. The Kier molecular flexibility index (Phi) is 5.25. The fourth-order valence-corrected chi connectivity index (χ4v) is 1.82. The Hall–Kier alpha value is -1.10. The molecule has 1 aliphatic rings. The Labute approximate surface area is 95.4 Å². The van der Waals surface area contributed by atoms with Gasteiger partial charge >= 0.3 is 5.97 Å². The van der Waals surface area contributed by atoms with Crippen LogP contribution in [0.4, 0.5) is 0 Å². The quantitative estimate of drug-likeness (QED) is 0.755. The van der Waals surface area contributed by atoms with Gasteiger partial charge in [0.2, 0.25) is 5.91 Å². The van der Waals surface area contributed by atoms with Crippen LogP contribution < -0.4 is 0 Å². The highest BCUT2D eigenvalue weighted by Crippen LogP contribution is 2.15. The van der Waals surface area contributed by atoms with E-state index in [9.17, 15) is 9.59 Å². The van der Waals surface area contributed by atoms with Crippen LogP contribution in [0.3, 0.4) is 0 Å². The summed E-state index contributed by atoms with van der Waals surface area (Å²) in [5.41, 5.74) is 0. The molecule has 5 heteroatoms. The van der Waals surface area contributed by atoms with Crippen LogP contribution in [0.2, 0.25) is 0 Å². The number of hydrogen-bond donors (Lipinski definition) is 1. The Bertz CT molecular complexity index is 248. The number of carboxylic acids is 1. The van der Waals surface area contributed by atoms with Crippen molar-refractivity contribution in [2.24, 2.45) is 5.92 Å². The molecular weight excluding hydrogens is 210 g/mol. The second-order valence-corrected chi connectivity index (χ2v) is 4.22. The average molecular weight is 229 g/mol. The highest BCUT2D eigenvalue weighted by Gasteiger charge is 2.18. The van der Waals surface area contributed by atoms with Crippen LogP contribution in [0.5, 0.6) is 0 Å². The number of amides is 1. The van der Waals surface area contributed by atoms with Gasteiger partial charge in [0, 0.05) is 33.2 Å². The smallest absolute Gasteiger partial charge is 0.303 e. The van der Waals surface area contributed by atoms with Crippen LogP contribution in [-0.2, 0) is 14.3 Å². The van der Waals surface area contributed by atoms with E-state index in [2.05, 4.69) is 0 Å². The number of nitrogens with zero attached hydrogens (tertiary/aromatic N) is 1. The summed E-state index contributed by atoms with van der Waals surface area (Å²) < 4.78 is 5.24. The van der Waals surface area contributed by atoms with Crippen LogP contribution in [-0.4, -0.2) is 48.7 Å². The lowest BCUT2D eigenvalue weighted by Gasteiger charge is -2.27. The van der Waals surface area contributed by atoms with E-state index in [0.717, 1.165) is 26.1 Å². The van der Waals surface area contributed by atoms with Crippen molar-refractivity contribution in [3.8, 4) is 0 Å². The lowest BCUT2D eigenvalue weighted by molar-refractivity contribution is -0.140. The van der Waals surface area contributed by atoms with Crippen molar-refractivity contribution >= 4 is 11.9 Å². The fourth-order valence-electron chi connectivity index (χ4n) is 1.82. The summed E-state index contributed by atoms with van der Waals surface area (Å²) in [5.74, 6) is -0.519. The van der Waals surface area contributed by atoms with Crippen molar-refractivity contribution < 1.29 is 19.4 Å². The SMILES string of the molecule is CN(CC1CCOCC1)C(=O)CCC(=O)O. The lowest BCUT2D eigenvalue weighted by atomic mass is 10.00. The van der Waals surface area contributed by atoms with Crippen molar-refractivity contribution in [2.45, 2.75) is 25.7 Å². The molecule has 0 spiro atoms. The van der Waals surface area contributed by atoms with Crippen molar-refractivity contribution in [1.29, 1.82) is 0 Å². The summed E-state index contributed by atoms with van der Waals surface area (Å²) in [6.45, 7) is 2.24. The Morgan fingerprint density at radius 2 is 1.94 bits per heavy atom. The molecule has 1 aliphatic heterocycles. The number of carbonyl (C=O) groups is 2. The highest BCUT2D eigenvalue weighted by molar-refractivity contribution is 5.80. The van der Waals surface area contributed by atoms with Gasteiger partial charge in [-0.2, -0.15) is 0 Å². The number of carboxylic acid groups (broad SMARTS) is 1. The van der Waals surface area contributed by atoms with Crippen LogP contribution in [0, 0.1) is 5.92 Å². The van der Waals surface area contributed by atoms with E-state index in [0.29, 0.717) is 12.5 Å². The van der Waals surface area contributed by atoms with Crippen LogP contribution in [0.1, 0.15) is 25.7 Å². The van der Waals surface area contributed by atoms with Gasteiger partial charge < -0.3 is 14.7 Å². The molecule has 1 heterocycles. The Morgan fingerprint density at radius 3 is 2.50 bits per heavy atom. The van der Waals surface area contributed by atoms with Crippen LogP contribution >= 0.6 is 0 Å². The summed E-state index contributed by atoms with van der Waals surface area (Å²) in [4.78, 5) is 23.5. The number of hydrogen-bond acceptors (Lipinski definition) is 3. The van der Waals surface area contributed by atoms with E-state index in [4.69, 9.17) is 9.84 Å². The molecule has 5 nitrogen and oxygen atoms in total. The van der Waals surface area contributed by atoms with E-state index < -0.39 is 5.97 Å². The maximum absolute atomic E-state index is 11.6. The molecule has 0 aromatic carbocycles. The minimum absolute atomic E-state index is 0.0864. The van der Waals surface area contributed by atoms with Gasteiger partial charge in [-0.3, -0.25) is 9.59 Å². The molecule has 1 fully saturated rings. The third kappa shape index (κ3) is 4.61. The molecule has 1 rings (SSSR count). The number of rotatable bonds is 5. The molecule has 0 bridgehead atoms. The van der Waals surface area contributed by atoms with Crippen LogP contribution in [0.15, 0.2) is 0 Å². The van der Waals surface area contributed by atoms with Crippen molar-refractivity contribution in [1.82, 2.24) is 4.90 Å². The molecule has 0 unspecified atom stereocenters. The zero-order valence-electron chi connectivity index (χ0n) is 9.65. The number of carbonyl (C=O) groups excluding carboxylic acids is 1. The molecule has 1 N–H and O–H groups in total. The lowest BCUT2D eigenvalue weighted by Crippen LogP contribution is -2.34. The minimum Gasteiger partial charge on any atom is -0.481 e. The van der Waals surface area contributed by atoms with Gasteiger partial charge in [0.15, 0.2) is 0 Å². The van der Waals surface area contributed by atoms with E-state index in [-0.39, 0.29) is 18.7 Å². The van der Waals surface area contributed by atoms with Gasteiger partial charge in [-0.1, -0.05) is 0 Å². The molecule has 1 amide bonds. The van der Waals surface area contributed by atoms with Gasteiger partial charge in [-0.25, -0.2) is 0 Å². The zero-order chi connectivity index (χ0) is 12.0. The van der Waals surface area contributed by atoms with Gasteiger partial charge in [-0.15, -0.1) is 0 Å². The first-order valence-electron chi connectivity index (χ1n) is 5.63. The van der Waals surface area contributed by atoms with Gasteiger partial charge in [-0.05, 0) is 18.8 Å². The summed E-state index contributed by atoms with van der Waals surface area (Å²) in [5, 5.41) is 8.48. The predicted molar refractivity (Wildman–Crippen MR) is 58.0 cm³/mol. The largest absolute Gasteiger partial charge is 0.481 e. The van der Waals surface area contributed by atoms with Gasteiger partial charge in [0.1, 0.15) is 0 Å². The molecule has 0 aromatic rings. The summed E-state index contributed by atoms with van der Waals surface area (Å²) in [6, 6.07) is 0. The Balaban J connectivity index is 2.24. The first kappa shape index (κ1) is 13.0. The molecule has 0 aliphatic carbocycles. The molecule has 0 radical (unpaired) electrons. The number of ether oxygens (including phenoxy) is 1. The van der Waals surface area contributed by atoms with E-state index in [1.54, 1.807) is 11.9 Å². The maximum atomic E-state index is 11.6. The van der Waals surface area contributed by atoms with Gasteiger partial charge in [0.25, 0.3) is 0 Å². The van der Waals surface area contributed by atoms with Crippen molar-refractivity contribution in [3.63, 3.8) is 0 Å². The molecule has 1 saturated heterocycles. The molecule has 0 aromatic heterocycles. The summed E-state index contributed by atoms with van der Waals surface area (Å²) in [6.07, 6.45) is 1.97. The number of aliphatic carboxylic acids is 1. The molecule has 16 heavy (non-hydrogen) atoms. The van der Waals surface area contributed by atoms with E-state index >= 15 is 0 Å². The van der Waals surface area contributed by atoms with Gasteiger partial charge in [0.05, 0.1) is 6.42 Å². The third-order valence-corrected chi connectivity index (χ3v) is 2.85. The summed E-state index contributed by atoms with van der Waals surface area (Å²) >= 11 is 0. The Morgan fingerprint density at radius 1 is 1.31 bits per heavy atom. The van der Waals surface area contributed by atoms with E-state index in [1.165, 1.54) is 0 Å². The maximum Gasteiger partial charge on any atom is 0.303 e. The first-order chi connectivity index (χ1) is 7.59. The second-order valence-electron chi connectivity index (χ2n) is 4.22. The summed E-state index contributed by atoms with van der Waals surface area (Å²) in [7, 11) is 1.74. The molecule has 0 atom stereocenters. The fraction of sp³-hybridized carbons (Fsp3) is 0.818. The monoisotopic (exact) mass is 229 g/mol. The molecule has 92 valence electrons. The van der Waals surface area contributed by atoms with Crippen molar-refractivity contribution in [3.05, 3.63) is 0 Å². The molecule has 0 saturated carbocycles.